The molecule has 20 heteroatoms. The van der Waals surface area contributed by atoms with Crippen molar-refractivity contribution in [3.8, 4) is 0 Å². The molecule has 0 aromatic carbocycles. The summed E-state index contributed by atoms with van der Waals surface area (Å²) in [7, 11) is 0. The fourth-order valence-corrected chi connectivity index (χ4v) is 4.70. The quantitative estimate of drug-likeness (QED) is 0.0628. The van der Waals surface area contributed by atoms with E-state index in [2.05, 4.69) is 0 Å². The van der Waals surface area contributed by atoms with Crippen LogP contribution in [0.15, 0.2) is 0 Å². The number of aliphatic carboxylic acids is 8. The summed E-state index contributed by atoms with van der Waals surface area (Å²) in [4.78, 5) is 91.0. The van der Waals surface area contributed by atoms with Gasteiger partial charge in [-0.15, -0.1) is 0 Å². The number of carboxylic acid groups (broad SMARTS) is 8. The molecule has 1 aliphatic carbocycles. The van der Waals surface area contributed by atoms with Crippen LogP contribution in [0.2, 0.25) is 0 Å². The fraction of sp³-hybridized carbons (Fsp3) is 0.667. The maximum Gasteiger partial charge on any atom is 0.317 e. The van der Waals surface area contributed by atoms with Gasteiger partial charge in [-0.05, 0) is 12.8 Å². The van der Waals surface area contributed by atoms with Crippen LogP contribution in [-0.2, 0) is 38.4 Å². The highest BCUT2D eigenvalue weighted by Crippen LogP contribution is 2.27. The van der Waals surface area contributed by atoms with Crippen LogP contribution < -0.4 is 0 Å². The molecule has 0 saturated heterocycles. The van der Waals surface area contributed by atoms with Crippen molar-refractivity contribution in [3.63, 3.8) is 0 Å². The third kappa shape index (κ3) is 18.9. The summed E-state index contributed by atoms with van der Waals surface area (Å²) in [5.74, 6) is -9.67. The summed E-state index contributed by atoms with van der Waals surface area (Å²) in [6.45, 7) is -4.24. The average Bonchev–Trinajstić information content (AvgIpc) is 2.84. The Kier molecular flexibility index (Phi) is 18.4. The lowest BCUT2D eigenvalue weighted by molar-refractivity contribution is -0.149. The summed E-state index contributed by atoms with van der Waals surface area (Å²) in [5, 5.41) is 70.5. The Morgan fingerprint density at radius 2 is 0.591 bits per heavy atom. The Morgan fingerprint density at radius 1 is 0.386 bits per heavy atom. The van der Waals surface area contributed by atoms with Crippen LogP contribution >= 0.6 is 0 Å². The first-order valence-corrected chi connectivity index (χ1v) is 13.1. The van der Waals surface area contributed by atoms with Crippen LogP contribution in [0.5, 0.6) is 0 Å². The first-order valence-electron chi connectivity index (χ1n) is 13.1. The molecule has 1 saturated carbocycles. The van der Waals surface area contributed by atoms with Crippen molar-refractivity contribution in [2.45, 2.75) is 37.8 Å². The highest BCUT2D eigenvalue weighted by Gasteiger charge is 2.37. The Hall–Kier alpha value is -4.40. The smallest absolute Gasteiger partial charge is 0.317 e. The van der Waals surface area contributed by atoms with Gasteiger partial charge in [0, 0.05) is 25.2 Å². The lowest BCUT2D eigenvalue weighted by atomic mass is 9.87. The molecule has 250 valence electrons. The molecule has 1 fully saturated rings. The molecule has 0 spiro atoms. The van der Waals surface area contributed by atoms with Gasteiger partial charge in [0.1, 0.15) is 0 Å². The second-order valence-electron chi connectivity index (χ2n) is 9.80. The molecule has 0 bridgehead atoms. The van der Waals surface area contributed by atoms with Gasteiger partial charge < -0.3 is 40.9 Å². The van der Waals surface area contributed by atoms with Gasteiger partial charge in [0.2, 0.25) is 0 Å². The third-order valence-electron chi connectivity index (χ3n) is 6.15. The minimum atomic E-state index is -1.23. The predicted octanol–water partition coefficient (Wildman–Crippen LogP) is -2.83. The van der Waals surface area contributed by atoms with Crippen molar-refractivity contribution >= 4 is 47.8 Å². The standard InChI is InChI=1S/C14H22N2O8.C10H16N2O8/c17-11(18)5-15(6-12(19)20)9-3-1-2-4-10(9)16(7-13(21)22)8-14(23)24;13-7(14)3-11(4-8(15)16)1-2-12(5-9(17)18)6-10(19)20/h9-10H,1-8H2,(H,17,18)(H,19,20)(H,21,22)(H,23,24);1-6H2,(H,13,14)(H,15,16)(H,17,18)(H,19,20)/t9-,10-;/m1./s1. The number of carbonyl (C=O) groups is 8. The van der Waals surface area contributed by atoms with Crippen LogP contribution in [0.25, 0.3) is 0 Å². The molecule has 8 N–H and O–H groups in total. The summed E-state index contributed by atoms with van der Waals surface area (Å²) < 4.78 is 0. The van der Waals surface area contributed by atoms with Crippen molar-refractivity contribution in [2.75, 3.05) is 65.4 Å². The summed E-state index contributed by atoms with van der Waals surface area (Å²) in [5.41, 5.74) is 0. The molecule has 0 aliphatic heterocycles. The van der Waals surface area contributed by atoms with Crippen LogP contribution in [0.4, 0.5) is 0 Å². The van der Waals surface area contributed by atoms with E-state index in [1.807, 2.05) is 0 Å². The Labute approximate surface area is 250 Å². The largest absolute Gasteiger partial charge is 0.480 e. The number of hydrogen-bond donors (Lipinski definition) is 8. The molecule has 0 aromatic rings. The Morgan fingerprint density at radius 3 is 0.773 bits per heavy atom. The van der Waals surface area contributed by atoms with Gasteiger partial charge in [0.15, 0.2) is 0 Å². The maximum atomic E-state index is 11.0. The summed E-state index contributed by atoms with van der Waals surface area (Å²) in [6, 6.07) is -1.05. The van der Waals surface area contributed by atoms with Gasteiger partial charge in [-0.3, -0.25) is 58.0 Å². The monoisotopic (exact) mass is 638 g/mol. The number of carboxylic acids is 8. The molecule has 0 unspecified atom stereocenters. The van der Waals surface area contributed by atoms with Crippen LogP contribution in [0.1, 0.15) is 25.7 Å². The van der Waals surface area contributed by atoms with Gasteiger partial charge in [-0.25, -0.2) is 0 Å². The van der Waals surface area contributed by atoms with E-state index in [1.165, 1.54) is 9.80 Å². The van der Waals surface area contributed by atoms with E-state index in [9.17, 15) is 38.4 Å². The summed E-state index contributed by atoms with van der Waals surface area (Å²) in [6.07, 6.45) is 2.46. The molecule has 1 aliphatic rings. The van der Waals surface area contributed by atoms with Crippen LogP contribution in [-0.4, -0.2) is 186 Å². The molecule has 1 rings (SSSR count). The second kappa shape index (κ2) is 20.5. The van der Waals surface area contributed by atoms with Gasteiger partial charge in [-0.2, -0.15) is 0 Å². The SMILES string of the molecule is O=C(O)CN(CC(=O)O)[C@@H]1CCCC[C@H]1N(CC(=O)O)CC(=O)O.O=C(O)CN(CCN(CC(=O)O)CC(=O)O)CC(=O)O. The highest BCUT2D eigenvalue weighted by atomic mass is 16.4. The summed E-state index contributed by atoms with van der Waals surface area (Å²) >= 11 is 0. The van der Waals surface area contributed by atoms with E-state index in [4.69, 9.17) is 40.9 Å². The van der Waals surface area contributed by atoms with Crippen LogP contribution in [0.3, 0.4) is 0 Å². The van der Waals surface area contributed by atoms with Crippen molar-refractivity contribution in [1.29, 1.82) is 0 Å². The first kappa shape index (κ1) is 39.6. The predicted molar refractivity (Wildman–Crippen MR) is 143 cm³/mol. The van der Waals surface area contributed by atoms with Crippen molar-refractivity contribution < 1.29 is 79.2 Å². The third-order valence-corrected chi connectivity index (χ3v) is 6.15. The molecular formula is C24H38N4O16. The lowest BCUT2D eigenvalue weighted by Crippen LogP contribution is -2.57. The van der Waals surface area contributed by atoms with Crippen molar-refractivity contribution in [2.24, 2.45) is 0 Å². The highest BCUT2D eigenvalue weighted by molar-refractivity contribution is 5.74. The molecule has 0 aromatic heterocycles. The Bertz CT molecular complexity index is 894. The number of rotatable bonds is 21. The van der Waals surface area contributed by atoms with Crippen molar-refractivity contribution in [1.82, 2.24) is 19.6 Å². The molecular weight excluding hydrogens is 600 g/mol. The van der Waals surface area contributed by atoms with E-state index in [-0.39, 0.29) is 13.1 Å². The molecule has 20 nitrogen and oxygen atoms in total. The maximum absolute atomic E-state index is 11.0. The normalized spacial score (nSPS) is 16.3. The van der Waals surface area contributed by atoms with E-state index in [0.717, 1.165) is 22.6 Å². The zero-order valence-corrected chi connectivity index (χ0v) is 23.7. The number of hydrogen-bond acceptors (Lipinski definition) is 12. The molecule has 44 heavy (non-hydrogen) atoms. The minimum absolute atomic E-state index is 0.0703. The van der Waals surface area contributed by atoms with E-state index < -0.39 is 112 Å². The molecule has 0 amide bonds. The van der Waals surface area contributed by atoms with E-state index >= 15 is 0 Å². The lowest BCUT2D eigenvalue weighted by Gasteiger charge is -2.43. The van der Waals surface area contributed by atoms with Gasteiger partial charge in [0.25, 0.3) is 0 Å². The number of nitrogens with zero attached hydrogens (tertiary/aromatic N) is 4. The minimum Gasteiger partial charge on any atom is -0.480 e. The van der Waals surface area contributed by atoms with E-state index in [1.54, 1.807) is 0 Å². The Balaban J connectivity index is 0.000000856. The molecule has 0 heterocycles. The van der Waals surface area contributed by atoms with Gasteiger partial charge in [0.05, 0.1) is 52.4 Å². The van der Waals surface area contributed by atoms with Gasteiger partial charge in [-0.1, -0.05) is 12.8 Å². The average molecular weight is 639 g/mol. The van der Waals surface area contributed by atoms with Crippen LogP contribution in [0, 0.1) is 0 Å². The van der Waals surface area contributed by atoms with E-state index in [0.29, 0.717) is 12.8 Å². The molecule has 2 atom stereocenters. The van der Waals surface area contributed by atoms with Crippen molar-refractivity contribution in [3.05, 3.63) is 0 Å². The zero-order chi connectivity index (χ0) is 34.0. The second-order valence-corrected chi connectivity index (χ2v) is 9.80. The zero-order valence-electron chi connectivity index (χ0n) is 23.7. The topological polar surface area (TPSA) is 311 Å². The fourth-order valence-electron chi connectivity index (χ4n) is 4.70. The first-order chi connectivity index (χ1) is 20.4. The molecule has 0 radical (unpaired) electrons. The van der Waals surface area contributed by atoms with Gasteiger partial charge >= 0.3 is 47.8 Å².